The molecule has 4 saturated heterocycles. The van der Waals surface area contributed by atoms with Crippen LogP contribution in [0.5, 0.6) is 0 Å². The van der Waals surface area contributed by atoms with Crippen LogP contribution in [0.3, 0.4) is 0 Å². The van der Waals surface area contributed by atoms with E-state index in [9.17, 15) is 24.0 Å². The van der Waals surface area contributed by atoms with Crippen LogP contribution in [0, 0.1) is 0 Å². The normalized spacial score (nSPS) is 20.6. The number of urea groups is 2. The first-order chi connectivity index (χ1) is 21.2. The van der Waals surface area contributed by atoms with Crippen molar-refractivity contribution in [1.29, 1.82) is 0 Å². The quantitative estimate of drug-likeness (QED) is 0.398. The Kier molecular flexibility index (Phi) is 9.03. The van der Waals surface area contributed by atoms with Gasteiger partial charge in [0.05, 0.1) is 11.4 Å². The van der Waals surface area contributed by atoms with Gasteiger partial charge in [-0.1, -0.05) is 35.3 Å². The van der Waals surface area contributed by atoms with Crippen molar-refractivity contribution in [1.82, 2.24) is 20.9 Å². The molecule has 0 saturated carbocycles. The Bertz CT molecular complexity index is 1510. The van der Waals surface area contributed by atoms with E-state index >= 15 is 0 Å². The van der Waals surface area contributed by atoms with Gasteiger partial charge in [-0.2, -0.15) is 0 Å². The van der Waals surface area contributed by atoms with E-state index in [0.717, 1.165) is 18.0 Å². The van der Waals surface area contributed by atoms with Gasteiger partial charge >= 0.3 is 18.2 Å². The van der Waals surface area contributed by atoms with Gasteiger partial charge in [-0.25, -0.2) is 24.2 Å². The fourth-order valence-corrected chi connectivity index (χ4v) is 6.24. The number of hydrogen-bond acceptors (Lipinski definition) is 7. The molecule has 4 aliphatic rings. The number of carbonyl (C=O) groups is 5. The first kappa shape index (κ1) is 32.5. The first-order valence-electron chi connectivity index (χ1n) is 14.8. The van der Waals surface area contributed by atoms with Crippen molar-refractivity contribution in [3.63, 3.8) is 0 Å². The van der Waals surface area contributed by atoms with Gasteiger partial charge < -0.3 is 25.6 Å². The average Bonchev–Trinajstić information content (AvgIpc) is 3.35. The van der Waals surface area contributed by atoms with Crippen LogP contribution < -0.4 is 25.8 Å². The molecule has 0 aliphatic carbocycles. The van der Waals surface area contributed by atoms with E-state index in [1.54, 1.807) is 74.2 Å². The number of ether oxygens (including phenoxy) is 1. The molecule has 2 spiro atoms. The van der Waals surface area contributed by atoms with Gasteiger partial charge in [0.25, 0.3) is 11.8 Å². The molecule has 2 aromatic carbocycles. The number of hydrogen-bond donors (Lipinski definition) is 3. The molecule has 6 rings (SSSR count). The molecule has 7 amide bonds. The fourth-order valence-electron chi connectivity index (χ4n) is 5.87. The molecule has 4 aliphatic heterocycles. The Hall–Kier alpha value is -3.87. The third-order valence-electron chi connectivity index (χ3n) is 8.18. The summed E-state index contributed by atoms with van der Waals surface area (Å²) in [5.41, 5.74) is -1.35. The minimum Gasteiger partial charge on any atom is -0.444 e. The Labute approximate surface area is 271 Å². The summed E-state index contributed by atoms with van der Waals surface area (Å²) < 4.78 is 5.37. The number of nitrogens with one attached hydrogen (secondary N) is 3. The number of amides is 7. The lowest BCUT2D eigenvalue weighted by Gasteiger charge is -2.37. The van der Waals surface area contributed by atoms with Crippen LogP contribution >= 0.6 is 23.2 Å². The Morgan fingerprint density at radius 2 is 1.20 bits per heavy atom. The van der Waals surface area contributed by atoms with E-state index in [2.05, 4.69) is 16.0 Å². The number of rotatable bonds is 2. The molecule has 0 unspecified atom stereocenters. The lowest BCUT2D eigenvalue weighted by atomic mass is 9.87. The molecule has 0 radical (unpaired) electrons. The predicted octanol–water partition coefficient (Wildman–Crippen LogP) is 4.68. The Balaban J connectivity index is 0.000000186. The van der Waals surface area contributed by atoms with E-state index < -0.39 is 28.8 Å². The Morgan fingerprint density at radius 3 is 1.62 bits per heavy atom. The SMILES string of the molecule is CC(C)(C)OC(=O)N1CCC2(CC1)NC(=O)N(c1cccc(Cl)c1)C2=O.O=C1NC2(CCNCC2)C(=O)N1c1cccc(Cl)c1. The molecule has 4 fully saturated rings. The van der Waals surface area contributed by atoms with Crippen molar-refractivity contribution in [2.24, 2.45) is 0 Å². The number of halogens is 2. The average molecular weight is 660 g/mol. The van der Waals surface area contributed by atoms with Crippen LogP contribution in [-0.2, 0) is 14.3 Å². The molecule has 45 heavy (non-hydrogen) atoms. The maximum atomic E-state index is 13.0. The minimum atomic E-state index is -0.988. The number of benzene rings is 2. The third kappa shape index (κ3) is 6.73. The topological polar surface area (TPSA) is 140 Å². The smallest absolute Gasteiger partial charge is 0.410 e. The molecule has 12 nitrogen and oxygen atoms in total. The minimum absolute atomic E-state index is 0.179. The molecule has 14 heteroatoms. The summed E-state index contributed by atoms with van der Waals surface area (Å²) in [6, 6.07) is 12.5. The van der Waals surface area contributed by atoms with Gasteiger partial charge in [0.15, 0.2) is 0 Å². The summed E-state index contributed by atoms with van der Waals surface area (Å²) in [5, 5.41) is 9.80. The zero-order valence-corrected chi connectivity index (χ0v) is 26.8. The standard InChI is InChI=1S/C18H22ClN3O4.C13H14ClN3O2/c1-17(2,3)26-16(25)21-9-7-18(8-10-21)14(23)22(15(24)20-18)13-6-4-5-12(19)11-13;14-9-2-1-3-10(8-9)17-11(18)13(16-12(17)19)4-6-15-7-5-13/h4-6,11H,7-10H2,1-3H3,(H,20,24);1-3,8,15H,4-7H2,(H,16,19). The van der Waals surface area contributed by atoms with Gasteiger partial charge in [-0.05, 0) is 95.9 Å². The third-order valence-corrected chi connectivity index (χ3v) is 8.65. The molecular formula is C31H36Cl2N6O6. The first-order valence-corrected chi connectivity index (χ1v) is 15.5. The number of carbonyl (C=O) groups excluding carboxylic acids is 5. The van der Waals surface area contributed by atoms with Crippen molar-refractivity contribution in [2.75, 3.05) is 36.0 Å². The highest BCUT2D eigenvalue weighted by atomic mass is 35.5. The highest BCUT2D eigenvalue weighted by Gasteiger charge is 2.54. The van der Waals surface area contributed by atoms with Gasteiger partial charge in [-0.15, -0.1) is 0 Å². The van der Waals surface area contributed by atoms with E-state index in [1.165, 1.54) is 4.90 Å². The molecule has 240 valence electrons. The molecular weight excluding hydrogens is 623 g/mol. The van der Waals surface area contributed by atoms with Crippen LogP contribution in [0.25, 0.3) is 0 Å². The summed E-state index contributed by atoms with van der Waals surface area (Å²) in [4.78, 5) is 66.1. The maximum Gasteiger partial charge on any atom is 0.410 e. The van der Waals surface area contributed by atoms with Gasteiger partial charge in [-0.3, -0.25) is 9.59 Å². The van der Waals surface area contributed by atoms with Gasteiger partial charge in [0, 0.05) is 23.1 Å². The number of anilines is 2. The summed E-state index contributed by atoms with van der Waals surface area (Å²) in [6.07, 6.45) is 1.52. The second kappa shape index (κ2) is 12.5. The molecule has 3 N–H and O–H groups in total. The zero-order valence-electron chi connectivity index (χ0n) is 25.3. The Morgan fingerprint density at radius 1 is 0.756 bits per heavy atom. The van der Waals surface area contributed by atoms with Crippen molar-refractivity contribution in [2.45, 2.75) is 63.1 Å². The zero-order chi connectivity index (χ0) is 32.6. The van der Waals surface area contributed by atoms with E-state index in [1.807, 2.05) is 0 Å². The van der Waals surface area contributed by atoms with Crippen LogP contribution in [0.15, 0.2) is 48.5 Å². The second-order valence-electron chi connectivity index (χ2n) is 12.5. The number of nitrogens with zero attached hydrogens (tertiary/aromatic N) is 3. The molecule has 0 atom stereocenters. The highest BCUT2D eigenvalue weighted by Crippen LogP contribution is 2.34. The largest absolute Gasteiger partial charge is 0.444 e. The summed E-state index contributed by atoms with van der Waals surface area (Å²) in [6.45, 7) is 7.55. The van der Waals surface area contributed by atoms with Crippen molar-refractivity contribution >= 4 is 64.5 Å². The molecule has 4 heterocycles. The van der Waals surface area contributed by atoms with E-state index in [0.29, 0.717) is 60.2 Å². The number of piperidine rings is 2. The lowest BCUT2D eigenvalue weighted by Crippen LogP contribution is -2.56. The van der Waals surface area contributed by atoms with Crippen LogP contribution in [0.1, 0.15) is 46.5 Å². The molecule has 2 aromatic rings. The lowest BCUT2D eigenvalue weighted by molar-refractivity contribution is -0.124. The molecule has 0 bridgehead atoms. The monoisotopic (exact) mass is 658 g/mol. The van der Waals surface area contributed by atoms with Crippen molar-refractivity contribution in [3.8, 4) is 0 Å². The molecule has 0 aromatic heterocycles. The maximum absolute atomic E-state index is 13.0. The number of imide groups is 2. The van der Waals surface area contributed by atoms with Crippen molar-refractivity contribution in [3.05, 3.63) is 58.6 Å². The predicted molar refractivity (Wildman–Crippen MR) is 170 cm³/mol. The van der Waals surface area contributed by atoms with Crippen LogP contribution in [0.4, 0.5) is 25.8 Å². The van der Waals surface area contributed by atoms with Crippen LogP contribution in [-0.4, -0.2) is 77.7 Å². The van der Waals surface area contributed by atoms with Crippen molar-refractivity contribution < 1.29 is 28.7 Å². The number of likely N-dealkylation sites (tertiary alicyclic amines) is 1. The summed E-state index contributed by atoms with van der Waals surface area (Å²) >= 11 is 11.9. The van der Waals surface area contributed by atoms with Crippen LogP contribution in [0.2, 0.25) is 10.0 Å². The second-order valence-corrected chi connectivity index (χ2v) is 13.4. The summed E-state index contributed by atoms with van der Waals surface area (Å²) in [5.74, 6) is -0.491. The highest BCUT2D eigenvalue weighted by molar-refractivity contribution is 6.32. The summed E-state index contributed by atoms with van der Waals surface area (Å²) in [7, 11) is 0. The van der Waals surface area contributed by atoms with E-state index in [-0.39, 0.29) is 17.8 Å². The van der Waals surface area contributed by atoms with Gasteiger partial charge in [0.1, 0.15) is 16.7 Å². The van der Waals surface area contributed by atoms with Gasteiger partial charge in [0.2, 0.25) is 0 Å². The van der Waals surface area contributed by atoms with E-state index in [4.69, 9.17) is 27.9 Å². The fraction of sp³-hybridized carbons (Fsp3) is 0.452.